The first-order valence-corrected chi connectivity index (χ1v) is 11.6. The number of carbonyl (C=O) groups excluding carboxylic acids is 1. The van der Waals surface area contributed by atoms with E-state index in [2.05, 4.69) is 10.3 Å². The summed E-state index contributed by atoms with van der Waals surface area (Å²) in [5, 5.41) is 4.94. The SMILES string of the molecule is COCCc1ccc(-c2csc(NC(=O)Cn3c(=O)ccn(Cc4ccccc4)c3=O)n2)cc1. The summed E-state index contributed by atoms with van der Waals surface area (Å²) in [6.07, 6.45) is 2.28. The molecule has 0 aliphatic carbocycles. The molecule has 2 aromatic carbocycles. The summed E-state index contributed by atoms with van der Waals surface area (Å²) in [7, 11) is 1.67. The van der Waals surface area contributed by atoms with E-state index >= 15 is 0 Å². The van der Waals surface area contributed by atoms with Gasteiger partial charge < -0.3 is 10.1 Å². The van der Waals surface area contributed by atoms with Crippen LogP contribution in [0.1, 0.15) is 11.1 Å². The van der Waals surface area contributed by atoms with E-state index in [9.17, 15) is 14.4 Å². The van der Waals surface area contributed by atoms with E-state index < -0.39 is 23.7 Å². The van der Waals surface area contributed by atoms with Crippen LogP contribution in [0.15, 0.2) is 81.8 Å². The zero-order valence-electron chi connectivity index (χ0n) is 18.6. The van der Waals surface area contributed by atoms with Gasteiger partial charge in [-0.05, 0) is 17.5 Å². The van der Waals surface area contributed by atoms with Gasteiger partial charge in [-0.2, -0.15) is 0 Å². The number of nitrogens with one attached hydrogen (secondary N) is 1. The van der Waals surface area contributed by atoms with Crippen molar-refractivity contribution in [2.24, 2.45) is 0 Å². The maximum absolute atomic E-state index is 12.8. The summed E-state index contributed by atoms with van der Waals surface area (Å²) in [6, 6.07) is 18.7. The predicted molar refractivity (Wildman–Crippen MR) is 132 cm³/mol. The second-order valence-corrected chi connectivity index (χ2v) is 8.52. The maximum Gasteiger partial charge on any atom is 0.331 e. The molecule has 8 nitrogen and oxygen atoms in total. The number of thiazole rings is 1. The molecule has 1 amide bonds. The van der Waals surface area contributed by atoms with Gasteiger partial charge in [-0.1, -0.05) is 54.6 Å². The lowest BCUT2D eigenvalue weighted by molar-refractivity contribution is -0.116. The fourth-order valence-electron chi connectivity index (χ4n) is 3.43. The van der Waals surface area contributed by atoms with Gasteiger partial charge in [-0.25, -0.2) is 9.78 Å². The Bertz CT molecular complexity index is 1370. The molecule has 2 aromatic heterocycles. The molecule has 4 rings (SSSR count). The Balaban J connectivity index is 1.43. The number of ether oxygens (including phenoxy) is 1. The largest absolute Gasteiger partial charge is 0.384 e. The molecule has 0 fully saturated rings. The van der Waals surface area contributed by atoms with E-state index in [0.717, 1.165) is 27.8 Å². The van der Waals surface area contributed by atoms with Crippen LogP contribution in [0.4, 0.5) is 5.13 Å². The molecule has 0 spiro atoms. The summed E-state index contributed by atoms with van der Waals surface area (Å²) < 4.78 is 7.43. The highest BCUT2D eigenvalue weighted by molar-refractivity contribution is 7.14. The van der Waals surface area contributed by atoms with E-state index in [-0.39, 0.29) is 0 Å². The van der Waals surface area contributed by atoms with Crippen LogP contribution in [0.2, 0.25) is 0 Å². The van der Waals surface area contributed by atoms with Crippen LogP contribution in [0, 0.1) is 0 Å². The van der Waals surface area contributed by atoms with Gasteiger partial charge in [0.05, 0.1) is 18.8 Å². The van der Waals surface area contributed by atoms with Crippen molar-refractivity contribution in [3.63, 3.8) is 0 Å². The first-order chi connectivity index (χ1) is 16.5. The Hall–Kier alpha value is -3.82. The third-order valence-corrected chi connectivity index (χ3v) is 5.99. The van der Waals surface area contributed by atoms with Crippen molar-refractivity contribution in [2.45, 2.75) is 19.5 Å². The van der Waals surface area contributed by atoms with Crippen LogP contribution in [0.3, 0.4) is 0 Å². The Morgan fingerprint density at radius 2 is 1.79 bits per heavy atom. The quantitative estimate of drug-likeness (QED) is 0.401. The molecule has 2 heterocycles. The third-order valence-electron chi connectivity index (χ3n) is 5.23. The molecule has 0 radical (unpaired) electrons. The van der Waals surface area contributed by atoms with Gasteiger partial charge in [-0.3, -0.25) is 18.7 Å². The minimum atomic E-state index is -0.542. The van der Waals surface area contributed by atoms with Crippen LogP contribution in [0.25, 0.3) is 11.3 Å². The van der Waals surface area contributed by atoms with Crippen LogP contribution in [-0.2, 0) is 29.0 Å². The van der Waals surface area contributed by atoms with Gasteiger partial charge in [0.25, 0.3) is 5.56 Å². The second kappa shape index (κ2) is 10.9. The Morgan fingerprint density at radius 3 is 2.53 bits per heavy atom. The first-order valence-electron chi connectivity index (χ1n) is 10.7. The standard InChI is InChI=1S/C25H24N4O4S/c1-33-14-12-18-7-9-20(10-8-18)21-17-34-24(26-21)27-22(30)16-29-23(31)11-13-28(25(29)32)15-19-5-3-2-4-6-19/h2-11,13,17H,12,14-16H2,1H3,(H,26,27,30). The minimum absolute atomic E-state index is 0.307. The summed E-state index contributed by atoms with van der Waals surface area (Å²) in [4.78, 5) is 42.1. The number of aromatic nitrogens is 3. The van der Waals surface area contributed by atoms with Crippen molar-refractivity contribution in [3.8, 4) is 11.3 Å². The molecule has 4 aromatic rings. The molecule has 9 heteroatoms. The second-order valence-electron chi connectivity index (χ2n) is 7.66. The Labute approximate surface area is 200 Å². The van der Waals surface area contributed by atoms with Gasteiger partial charge >= 0.3 is 5.69 Å². The molecule has 0 saturated heterocycles. The van der Waals surface area contributed by atoms with E-state index in [0.29, 0.717) is 18.3 Å². The van der Waals surface area contributed by atoms with Crippen molar-refractivity contribution >= 4 is 22.4 Å². The van der Waals surface area contributed by atoms with Gasteiger partial charge in [0.2, 0.25) is 5.91 Å². The zero-order valence-corrected chi connectivity index (χ0v) is 19.5. The summed E-state index contributed by atoms with van der Waals surface area (Å²) in [6.45, 7) is 0.576. The van der Waals surface area contributed by atoms with Crippen LogP contribution in [-0.4, -0.2) is 33.7 Å². The molecule has 0 aliphatic rings. The predicted octanol–water partition coefficient (Wildman–Crippen LogP) is 3.01. The number of hydrogen-bond donors (Lipinski definition) is 1. The van der Waals surface area contributed by atoms with E-state index in [1.165, 1.54) is 33.7 Å². The molecular formula is C25H24N4O4S. The lowest BCUT2D eigenvalue weighted by Crippen LogP contribution is -2.41. The number of hydrogen-bond acceptors (Lipinski definition) is 6. The van der Waals surface area contributed by atoms with Gasteiger partial charge in [-0.15, -0.1) is 11.3 Å². The smallest absolute Gasteiger partial charge is 0.331 e. The van der Waals surface area contributed by atoms with Crippen molar-refractivity contribution in [1.82, 2.24) is 14.1 Å². The number of methoxy groups -OCH3 is 1. The highest BCUT2D eigenvalue weighted by Crippen LogP contribution is 2.25. The van der Waals surface area contributed by atoms with E-state index in [1.807, 2.05) is 60.0 Å². The summed E-state index contributed by atoms with van der Waals surface area (Å²) in [5.41, 5.74) is 2.68. The number of amides is 1. The molecule has 0 unspecified atom stereocenters. The van der Waals surface area contributed by atoms with Crippen molar-refractivity contribution < 1.29 is 9.53 Å². The molecule has 0 atom stereocenters. The maximum atomic E-state index is 12.8. The number of carbonyl (C=O) groups is 1. The van der Waals surface area contributed by atoms with Crippen molar-refractivity contribution in [2.75, 3.05) is 19.0 Å². The number of benzene rings is 2. The van der Waals surface area contributed by atoms with Gasteiger partial charge in [0.15, 0.2) is 5.13 Å². The third kappa shape index (κ3) is 5.75. The molecule has 1 N–H and O–H groups in total. The van der Waals surface area contributed by atoms with E-state index in [1.54, 1.807) is 7.11 Å². The molecule has 0 bridgehead atoms. The summed E-state index contributed by atoms with van der Waals surface area (Å²) >= 11 is 1.28. The number of anilines is 1. The molecular weight excluding hydrogens is 452 g/mol. The molecule has 0 saturated carbocycles. The normalized spacial score (nSPS) is 10.9. The number of rotatable bonds is 9. The van der Waals surface area contributed by atoms with Gasteiger partial charge in [0, 0.05) is 30.3 Å². The first kappa shape index (κ1) is 23.3. The van der Waals surface area contributed by atoms with E-state index in [4.69, 9.17) is 4.74 Å². The average Bonchev–Trinajstić information content (AvgIpc) is 3.31. The monoisotopic (exact) mass is 476 g/mol. The molecule has 34 heavy (non-hydrogen) atoms. The zero-order chi connectivity index (χ0) is 23.9. The average molecular weight is 477 g/mol. The fourth-order valence-corrected chi connectivity index (χ4v) is 4.17. The van der Waals surface area contributed by atoms with Crippen molar-refractivity contribution in [3.05, 3.63) is 104 Å². The topological polar surface area (TPSA) is 95.2 Å². The van der Waals surface area contributed by atoms with Gasteiger partial charge in [0.1, 0.15) is 6.54 Å². The van der Waals surface area contributed by atoms with Crippen LogP contribution < -0.4 is 16.6 Å². The lowest BCUT2D eigenvalue weighted by atomic mass is 10.1. The number of nitrogens with zero attached hydrogens (tertiary/aromatic N) is 3. The van der Waals surface area contributed by atoms with Crippen LogP contribution in [0.5, 0.6) is 0 Å². The highest BCUT2D eigenvalue weighted by atomic mass is 32.1. The Kier molecular flexibility index (Phi) is 7.46. The minimum Gasteiger partial charge on any atom is -0.384 e. The highest BCUT2D eigenvalue weighted by Gasteiger charge is 2.13. The molecule has 0 aliphatic heterocycles. The van der Waals surface area contributed by atoms with Crippen LogP contribution >= 0.6 is 11.3 Å². The summed E-state index contributed by atoms with van der Waals surface area (Å²) in [5.74, 6) is -0.493. The Morgan fingerprint density at radius 1 is 1.03 bits per heavy atom. The fraction of sp³-hybridized carbons (Fsp3) is 0.200. The molecule has 174 valence electrons. The lowest BCUT2D eigenvalue weighted by Gasteiger charge is -2.09. The van der Waals surface area contributed by atoms with Crippen molar-refractivity contribution in [1.29, 1.82) is 0 Å².